The first kappa shape index (κ1) is 19.4. The van der Waals surface area contributed by atoms with Gasteiger partial charge < -0.3 is 5.32 Å². The fourth-order valence-corrected chi connectivity index (χ4v) is 3.11. The summed E-state index contributed by atoms with van der Waals surface area (Å²) in [6.07, 6.45) is 9.12. The third kappa shape index (κ3) is 4.89. The standard InChI is InChI=1S/C27H27N/c1-4-6-7-11-21(3)26-14-8-9-15-27(26)28-25-13-10-12-24(20-25)23-18-16-22(5-2)17-19-23/h4,6-20,28H,3,5H2,1-2H3/b6-4-,11-7-. The van der Waals surface area contributed by atoms with Gasteiger partial charge in [0.05, 0.1) is 0 Å². The van der Waals surface area contributed by atoms with Crippen molar-refractivity contribution in [2.45, 2.75) is 20.3 Å². The third-order valence-corrected chi connectivity index (χ3v) is 4.71. The predicted molar refractivity (Wildman–Crippen MR) is 124 cm³/mol. The summed E-state index contributed by atoms with van der Waals surface area (Å²) in [5.74, 6) is 0. The van der Waals surface area contributed by atoms with Gasteiger partial charge in [0.15, 0.2) is 0 Å². The zero-order valence-corrected chi connectivity index (χ0v) is 16.7. The van der Waals surface area contributed by atoms with Gasteiger partial charge in [-0.2, -0.15) is 0 Å². The van der Waals surface area contributed by atoms with E-state index in [9.17, 15) is 0 Å². The van der Waals surface area contributed by atoms with Crippen molar-refractivity contribution in [3.63, 3.8) is 0 Å². The van der Waals surface area contributed by atoms with Crippen molar-refractivity contribution in [2.75, 3.05) is 5.32 Å². The molecule has 0 aliphatic heterocycles. The van der Waals surface area contributed by atoms with Crippen LogP contribution in [0.15, 0.2) is 104 Å². The van der Waals surface area contributed by atoms with E-state index < -0.39 is 0 Å². The van der Waals surface area contributed by atoms with Gasteiger partial charge in [-0.05, 0) is 53.8 Å². The van der Waals surface area contributed by atoms with E-state index in [0.717, 1.165) is 28.9 Å². The van der Waals surface area contributed by atoms with E-state index in [4.69, 9.17) is 0 Å². The average molecular weight is 366 g/mol. The molecule has 0 amide bonds. The summed E-state index contributed by atoms with van der Waals surface area (Å²) >= 11 is 0. The van der Waals surface area contributed by atoms with Crippen molar-refractivity contribution in [3.05, 3.63) is 115 Å². The minimum absolute atomic E-state index is 0.979. The Kier molecular flexibility index (Phi) is 6.64. The summed E-state index contributed by atoms with van der Waals surface area (Å²) in [6.45, 7) is 8.40. The lowest BCUT2D eigenvalue weighted by Crippen LogP contribution is -1.95. The fraction of sp³-hybridized carbons (Fsp3) is 0.111. The Morgan fingerprint density at radius 1 is 0.893 bits per heavy atom. The highest BCUT2D eigenvalue weighted by atomic mass is 14.9. The molecule has 3 aromatic carbocycles. The molecular formula is C27H27N. The molecule has 3 aromatic rings. The van der Waals surface area contributed by atoms with Gasteiger partial charge in [-0.3, -0.25) is 0 Å². The lowest BCUT2D eigenvalue weighted by atomic mass is 10.0. The van der Waals surface area contributed by atoms with Crippen LogP contribution in [-0.4, -0.2) is 0 Å². The lowest BCUT2D eigenvalue weighted by Gasteiger charge is -2.13. The van der Waals surface area contributed by atoms with Gasteiger partial charge >= 0.3 is 0 Å². The predicted octanol–water partition coefficient (Wildman–Crippen LogP) is 7.81. The smallest absolute Gasteiger partial charge is 0.0463 e. The molecule has 0 heterocycles. The maximum absolute atomic E-state index is 4.22. The maximum atomic E-state index is 4.22. The number of hydrogen-bond acceptors (Lipinski definition) is 1. The molecule has 0 unspecified atom stereocenters. The van der Waals surface area contributed by atoms with Gasteiger partial charge in [0.1, 0.15) is 0 Å². The van der Waals surface area contributed by atoms with Crippen LogP contribution in [0.25, 0.3) is 16.7 Å². The molecule has 0 bridgehead atoms. The second-order valence-corrected chi connectivity index (χ2v) is 6.71. The molecule has 28 heavy (non-hydrogen) atoms. The average Bonchev–Trinajstić information content (AvgIpc) is 2.74. The molecule has 1 nitrogen and oxygen atoms in total. The van der Waals surface area contributed by atoms with E-state index >= 15 is 0 Å². The number of rotatable bonds is 7. The zero-order valence-electron chi connectivity index (χ0n) is 16.7. The summed E-state index contributed by atoms with van der Waals surface area (Å²) < 4.78 is 0. The molecule has 140 valence electrons. The number of hydrogen-bond donors (Lipinski definition) is 1. The van der Waals surface area contributed by atoms with Crippen molar-refractivity contribution in [1.82, 2.24) is 0 Å². The van der Waals surface area contributed by atoms with Crippen LogP contribution in [0.4, 0.5) is 11.4 Å². The van der Waals surface area contributed by atoms with Crippen LogP contribution in [0.5, 0.6) is 0 Å². The largest absolute Gasteiger partial charge is 0.355 e. The van der Waals surface area contributed by atoms with E-state index in [-0.39, 0.29) is 0 Å². The molecule has 0 fully saturated rings. The van der Waals surface area contributed by atoms with E-state index in [1.54, 1.807) is 0 Å². The fourth-order valence-electron chi connectivity index (χ4n) is 3.11. The van der Waals surface area contributed by atoms with Crippen LogP contribution in [0.2, 0.25) is 0 Å². The third-order valence-electron chi connectivity index (χ3n) is 4.71. The van der Waals surface area contributed by atoms with E-state index in [0.29, 0.717) is 0 Å². The van der Waals surface area contributed by atoms with E-state index in [2.05, 4.69) is 79.5 Å². The first-order chi connectivity index (χ1) is 13.7. The molecule has 0 aromatic heterocycles. The number of para-hydroxylation sites is 1. The normalized spacial score (nSPS) is 11.2. The molecule has 0 aliphatic carbocycles. The molecule has 0 saturated heterocycles. The summed E-state index contributed by atoms with van der Waals surface area (Å²) in [5, 5.41) is 3.56. The van der Waals surface area contributed by atoms with E-state index in [1.807, 2.05) is 43.4 Å². The van der Waals surface area contributed by atoms with Crippen molar-refractivity contribution in [3.8, 4) is 11.1 Å². The highest BCUT2D eigenvalue weighted by Gasteiger charge is 2.05. The quantitative estimate of drug-likeness (QED) is 0.421. The molecule has 0 aliphatic rings. The summed E-state index contributed by atoms with van der Waals surface area (Å²) in [5.41, 5.74) is 7.99. The summed E-state index contributed by atoms with van der Waals surface area (Å²) in [7, 11) is 0. The number of anilines is 2. The molecule has 1 N–H and O–H groups in total. The molecule has 0 spiro atoms. The Labute approximate surface area is 168 Å². The van der Waals surface area contributed by atoms with Crippen LogP contribution >= 0.6 is 0 Å². The van der Waals surface area contributed by atoms with Crippen LogP contribution in [-0.2, 0) is 6.42 Å². The van der Waals surface area contributed by atoms with Gasteiger partial charge in [-0.15, -0.1) is 0 Å². The van der Waals surface area contributed by atoms with Gasteiger partial charge in [-0.25, -0.2) is 0 Å². The Hall–Kier alpha value is -3.32. The number of benzene rings is 3. The van der Waals surface area contributed by atoms with E-state index in [1.165, 1.54) is 16.7 Å². The Balaban J connectivity index is 1.85. The minimum atomic E-state index is 0.979. The zero-order chi connectivity index (χ0) is 19.8. The first-order valence-electron chi connectivity index (χ1n) is 9.75. The molecule has 0 atom stereocenters. The first-order valence-corrected chi connectivity index (χ1v) is 9.75. The second kappa shape index (κ2) is 9.57. The van der Waals surface area contributed by atoms with Crippen LogP contribution in [0, 0.1) is 0 Å². The summed E-state index contributed by atoms with van der Waals surface area (Å²) in [4.78, 5) is 0. The lowest BCUT2D eigenvalue weighted by molar-refractivity contribution is 1.14. The van der Waals surface area contributed by atoms with Crippen molar-refractivity contribution in [1.29, 1.82) is 0 Å². The molecular weight excluding hydrogens is 338 g/mol. The molecule has 3 rings (SSSR count). The van der Waals surface area contributed by atoms with Crippen molar-refractivity contribution < 1.29 is 0 Å². The monoisotopic (exact) mass is 365 g/mol. The van der Waals surface area contributed by atoms with Crippen LogP contribution in [0.3, 0.4) is 0 Å². The number of aryl methyl sites for hydroxylation is 1. The van der Waals surface area contributed by atoms with Crippen molar-refractivity contribution in [2.24, 2.45) is 0 Å². The van der Waals surface area contributed by atoms with Gasteiger partial charge in [-0.1, -0.05) is 92.4 Å². The highest BCUT2D eigenvalue weighted by Crippen LogP contribution is 2.29. The Morgan fingerprint density at radius 3 is 2.43 bits per heavy atom. The maximum Gasteiger partial charge on any atom is 0.0463 e. The highest BCUT2D eigenvalue weighted by molar-refractivity contribution is 5.83. The van der Waals surface area contributed by atoms with Crippen molar-refractivity contribution >= 4 is 16.9 Å². The molecule has 0 saturated carbocycles. The second-order valence-electron chi connectivity index (χ2n) is 6.71. The molecule has 0 radical (unpaired) electrons. The van der Waals surface area contributed by atoms with Crippen LogP contribution in [0.1, 0.15) is 25.0 Å². The Morgan fingerprint density at radius 2 is 1.68 bits per heavy atom. The van der Waals surface area contributed by atoms with Gasteiger partial charge in [0, 0.05) is 16.9 Å². The van der Waals surface area contributed by atoms with Gasteiger partial charge in [0.2, 0.25) is 0 Å². The minimum Gasteiger partial charge on any atom is -0.355 e. The SMILES string of the molecule is C=C(/C=C\C=C/C)c1ccccc1Nc1cccc(-c2ccc(CC)cc2)c1. The topological polar surface area (TPSA) is 12.0 Å². The summed E-state index contributed by atoms with van der Waals surface area (Å²) in [6, 6.07) is 25.6. The number of nitrogens with one attached hydrogen (secondary N) is 1. The number of allylic oxidation sites excluding steroid dienone is 5. The van der Waals surface area contributed by atoms with Gasteiger partial charge in [0.25, 0.3) is 0 Å². The molecule has 1 heteroatoms. The van der Waals surface area contributed by atoms with Crippen LogP contribution < -0.4 is 5.32 Å². The Bertz CT molecular complexity index is 991.